The van der Waals surface area contributed by atoms with Gasteiger partial charge in [0.15, 0.2) is 18.1 Å². The van der Waals surface area contributed by atoms with Crippen LogP contribution >= 0.6 is 15.9 Å². The summed E-state index contributed by atoms with van der Waals surface area (Å²) >= 11 is 3.33. The van der Waals surface area contributed by atoms with E-state index in [0.29, 0.717) is 21.5 Å². The third-order valence-corrected chi connectivity index (χ3v) is 3.15. The average Bonchev–Trinajstić information content (AvgIpc) is 2.34. The van der Waals surface area contributed by atoms with Crippen molar-refractivity contribution in [3.05, 3.63) is 22.2 Å². The Balaban J connectivity index is 2.86. The van der Waals surface area contributed by atoms with Crippen molar-refractivity contribution in [1.82, 2.24) is 5.32 Å². The molecule has 0 heterocycles. The number of ether oxygens (including phenoxy) is 2. The first-order valence-corrected chi connectivity index (χ1v) is 6.98. The Morgan fingerprint density at radius 3 is 2.55 bits per heavy atom. The first-order valence-electron chi connectivity index (χ1n) is 6.18. The zero-order chi connectivity index (χ0) is 15.3. The van der Waals surface area contributed by atoms with E-state index in [-0.39, 0.29) is 24.7 Å². The fraction of sp³-hybridized carbons (Fsp3) is 0.500. The van der Waals surface area contributed by atoms with Crippen molar-refractivity contribution in [2.75, 3.05) is 13.7 Å². The summed E-state index contributed by atoms with van der Waals surface area (Å²) in [6.45, 7) is 5.32. The van der Waals surface area contributed by atoms with Crippen LogP contribution in [0.2, 0.25) is 0 Å². The van der Waals surface area contributed by atoms with Gasteiger partial charge < -0.3 is 19.9 Å². The molecule has 0 aliphatic heterocycles. The highest BCUT2D eigenvalue weighted by atomic mass is 79.9. The predicted molar refractivity (Wildman–Crippen MR) is 80.0 cm³/mol. The van der Waals surface area contributed by atoms with Crippen LogP contribution in [0.15, 0.2) is 16.6 Å². The average molecular weight is 346 g/mol. The largest absolute Gasteiger partial charge is 0.493 e. The predicted octanol–water partition coefficient (Wildman–Crippen LogP) is 2.24. The van der Waals surface area contributed by atoms with Gasteiger partial charge in [0.05, 0.1) is 13.7 Å². The summed E-state index contributed by atoms with van der Waals surface area (Å²) in [6, 6.07) is 3.46. The minimum absolute atomic E-state index is 0.142. The Bertz CT molecular complexity index is 483. The van der Waals surface area contributed by atoms with Gasteiger partial charge >= 0.3 is 0 Å². The summed E-state index contributed by atoms with van der Waals surface area (Å²) in [6.07, 6.45) is 0. The third-order valence-electron chi connectivity index (χ3n) is 2.41. The van der Waals surface area contributed by atoms with Gasteiger partial charge in [0.1, 0.15) is 0 Å². The van der Waals surface area contributed by atoms with Crippen LogP contribution in [0, 0.1) is 0 Å². The quantitative estimate of drug-likeness (QED) is 0.858. The number of carbonyl (C=O) groups excluding carboxylic acids is 1. The first kappa shape index (κ1) is 16.8. The van der Waals surface area contributed by atoms with Crippen molar-refractivity contribution < 1.29 is 19.4 Å². The molecule has 6 heteroatoms. The van der Waals surface area contributed by atoms with Gasteiger partial charge in [-0.25, -0.2) is 0 Å². The molecule has 5 nitrogen and oxygen atoms in total. The second-order valence-corrected chi connectivity index (χ2v) is 6.16. The molecule has 0 fully saturated rings. The Morgan fingerprint density at radius 1 is 1.40 bits per heavy atom. The van der Waals surface area contributed by atoms with E-state index >= 15 is 0 Å². The highest BCUT2D eigenvalue weighted by Gasteiger charge is 2.17. The number of carbonyl (C=O) groups is 1. The van der Waals surface area contributed by atoms with E-state index in [4.69, 9.17) is 9.47 Å². The van der Waals surface area contributed by atoms with E-state index in [1.54, 1.807) is 12.1 Å². The van der Waals surface area contributed by atoms with E-state index in [2.05, 4.69) is 21.2 Å². The van der Waals surface area contributed by atoms with Crippen LogP contribution < -0.4 is 14.8 Å². The van der Waals surface area contributed by atoms with Crippen molar-refractivity contribution >= 4 is 21.8 Å². The molecular formula is C14H20BrNO4. The van der Waals surface area contributed by atoms with Crippen molar-refractivity contribution in [2.45, 2.75) is 32.9 Å². The second kappa shape index (κ2) is 6.95. The molecule has 0 saturated heterocycles. The molecule has 0 aliphatic carbocycles. The lowest BCUT2D eigenvalue weighted by Crippen LogP contribution is -2.43. The summed E-state index contributed by atoms with van der Waals surface area (Å²) in [5.41, 5.74) is 0.231. The molecular weight excluding hydrogens is 326 g/mol. The van der Waals surface area contributed by atoms with Crippen molar-refractivity contribution in [2.24, 2.45) is 0 Å². The molecule has 1 aromatic rings. The molecule has 1 rings (SSSR count). The fourth-order valence-electron chi connectivity index (χ4n) is 1.64. The summed E-state index contributed by atoms with van der Waals surface area (Å²) in [5, 5.41) is 12.2. The molecule has 1 amide bonds. The van der Waals surface area contributed by atoms with E-state index in [1.807, 2.05) is 20.8 Å². The van der Waals surface area contributed by atoms with Gasteiger partial charge in [0.25, 0.3) is 5.91 Å². The van der Waals surface area contributed by atoms with Crippen molar-refractivity contribution in [3.8, 4) is 11.5 Å². The molecule has 0 atom stereocenters. The lowest BCUT2D eigenvalue weighted by Gasteiger charge is -2.21. The van der Waals surface area contributed by atoms with Crippen molar-refractivity contribution in [3.63, 3.8) is 0 Å². The number of benzene rings is 1. The van der Waals surface area contributed by atoms with Crippen LogP contribution in [0.3, 0.4) is 0 Å². The number of methoxy groups -OCH3 is 1. The standard InChI is InChI=1S/C14H20BrNO4/c1-14(2,3)16-12(18)8-20-13-9(7-17)10(15)5-6-11(13)19-4/h5-6,17H,7-8H2,1-4H3,(H,16,18). The molecule has 0 aliphatic rings. The molecule has 0 aromatic heterocycles. The zero-order valence-corrected chi connectivity index (χ0v) is 13.7. The van der Waals surface area contributed by atoms with Gasteiger partial charge in [-0.1, -0.05) is 15.9 Å². The molecule has 0 radical (unpaired) electrons. The maximum atomic E-state index is 11.8. The monoisotopic (exact) mass is 345 g/mol. The molecule has 2 N–H and O–H groups in total. The number of aliphatic hydroxyl groups excluding tert-OH is 1. The van der Waals surface area contributed by atoms with Gasteiger partial charge in [-0.2, -0.15) is 0 Å². The Hall–Kier alpha value is -1.27. The molecule has 0 spiro atoms. The molecule has 112 valence electrons. The summed E-state index contributed by atoms with van der Waals surface area (Å²) in [7, 11) is 1.51. The maximum absolute atomic E-state index is 11.8. The van der Waals surface area contributed by atoms with Gasteiger partial charge in [0, 0.05) is 15.6 Å². The highest BCUT2D eigenvalue weighted by Crippen LogP contribution is 2.36. The summed E-state index contributed by atoms with van der Waals surface area (Å²) in [4.78, 5) is 11.8. The van der Waals surface area contributed by atoms with Crippen LogP contribution in [0.25, 0.3) is 0 Å². The third kappa shape index (κ3) is 4.68. The normalized spacial score (nSPS) is 11.1. The van der Waals surface area contributed by atoms with Gasteiger partial charge in [0.2, 0.25) is 0 Å². The van der Waals surface area contributed by atoms with E-state index < -0.39 is 0 Å². The Morgan fingerprint density at radius 2 is 2.05 bits per heavy atom. The minimum Gasteiger partial charge on any atom is -0.493 e. The van der Waals surface area contributed by atoms with E-state index in [9.17, 15) is 9.90 Å². The molecule has 0 unspecified atom stereocenters. The van der Waals surface area contributed by atoms with Gasteiger partial charge in [-0.3, -0.25) is 4.79 Å². The number of nitrogens with one attached hydrogen (secondary N) is 1. The molecule has 0 saturated carbocycles. The maximum Gasteiger partial charge on any atom is 0.258 e. The minimum atomic E-state index is -0.318. The number of amides is 1. The molecule has 0 bridgehead atoms. The molecule has 1 aromatic carbocycles. The zero-order valence-electron chi connectivity index (χ0n) is 12.1. The fourth-order valence-corrected chi connectivity index (χ4v) is 2.08. The number of rotatable bonds is 5. The van der Waals surface area contributed by atoms with E-state index in [1.165, 1.54) is 7.11 Å². The Labute approximate surface area is 127 Å². The van der Waals surface area contributed by atoms with E-state index in [0.717, 1.165) is 0 Å². The van der Waals surface area contributed by atoms with Crippen molar-refractivity contribution in [1.29, 1.82) is 0 Å². The molecule has 20 heavy (non-hydrogen) atoms. The van der Waals surface area contributed by atoms with Crippen LogP contribution in [0.1, 0.15) is 26.3 Å². The van der Waals surface area contributed by atoms with Crippen LogP contribution in [-0.2, 0) is 11.4 Å². The second-order valence-electron chi connectivity index (χ2n) is 5.30. The number of hydrogen-bond acceptors (Lipinski definition) is 4. The SMILES string of the molecule is COc1ccc(Br)c(CO)c1OCC(=O)NC(C)(C)C. The first-order chi connectivity index (χ1) is 9.28. The summed E-state index contributed by atoms with van der Waals surface area (Å²) in [5.74, 6) is 0.609. The van der Waals surface area contributed by atoms with Crippen LogP contribution in [0.4, 0.5) is 0 Å². The van der Waals surface area contributed by atoms with Crippen LogP contribution in [0.5, 0.6) is 11.5 Å². The Kier molecular flexibility index (Phi) is 5.83. The number of halogens is 1. The lowest BCUT2D eigenvalue weighted by molar-refractivity contribution is -0.124. The lowest BCUT2D eigenvalue weighted by atomic mass is 10.1. The highest BCUT2D eigenvalue weighted by molar-refractivity contribution is 9.10. The number of aliphatic hydroxyl groups is 1. The van der Waals surface area contributed by atoms with Crippen LogP contribution in [-0.4, -0.2) is 30.3 Å². The topological polar surface area (TPSA) is 67.8 Å². The van der Waals surface area contributed by atoms with Gasteiger partial charge in [-0.15, -0.1) is 0 Å². The summed E-state index contributed by atoms with van der Waals surface area (Å²) < 4.78 is 11.4. The smallest absolute Gasteiger partial charge is 0.258 e. The van der Waals surface area contributed by atoms with Gasteiger partial charge in [-0.05, 0) is 32.9 Å². The number of hydrogen-bond donors (Lipinski definition) is 2.